The normalized spacial score (nSPS) is 25.4. The Labute approximate surface area is 145 Å². The number of amides is 1. The molecular weight excluding hydrogens is 322 g/mol. The first-order valence-corrected chi connectivity index (χ1v) is 8.57. The summed E-state index contributed by atoms with van der Waals surface area (Å²) in [6.07, 6.45) is 0.978. The largest absolute Gasteiger partial charge is 0.482 e. The number of aromatic amines is 1. The van der Waals surface area contributed by atoms with Crippen LogP contribution in [-0.4, -0.2) is 41.5 Å². The fraction of sp³-hybridized carbons (Fsp3) is 0.444. The molecule has 3 heterocycles. The Balaban J connectivity index is 1.43. The first-order valence-electron chi connectivity index (χ1n) is 8.57. The second-order valence-electron chi connectivity index (χ2n) is 6.42. The summed E-state index contributed by atoms with van der Waals surface area (Å²) in [4.78, 5) is 12.6. The molecule has 2 N–H and O–H groups in total. The average Bonchev–Trinajstić information content (AvgIpc) is 3.10. The predicted octanol–water partition coefficient (Wildman–Crippen LogP) is 2.47. The molecule has 3 unspecified atom stereocenters. The lowest BCUT2D eigenvalue weighted by Gasteiger charge is -2.30. The summed E-state index contributed by atoms with van der Waals surface area (Å²) in [5.41, 5.74) is 0.981. The highest BCUT2D eigenvalue weighted by atomic mass is 16.6. The van der Waals surface area contributed by atoms with E-state index < -0.39 is 6.10 Å². The number of hydrogen-bond donors (Lipinski definition) is 2. The molecule has 7 nitrogen and oxygen atoms in total. The molecule has 0 saturated carbocycles. The first kappa shape index (κ1) is 16.0. The van der Waals surface area contributed by atoms with Gasteiger partial charge in [-0.1, -0.05) is 12.1 Å². The van der Waals surface area contributed by atoms with Crippen LogP contribution in [0.1, 0.15) is 31.4 Å². The van der Waals surface area contributed by atoms with E-state index in [2.05, 4.69) is 15.5 Å². The molecule has 0 bridgehead atoms. The Morgan fingerprint density at radius 2 is 2.08 bits per heavy atom. The number of rotatable bonds is 3. The molecule has 0 radical (unpaired) electrons. The summed E-state index contributed by atoms with van der Waals surface area (Å²) in [5.74, 6) is 1.73. The number of hydrogen-bond acceptors (Lipinski definition) is 5. The first-order chi connectivity index (χ1) is 12.2. The van der Waals surface area contributed by atoms with Crippen molar-refractivity contribution in [3.63, 3.8) is 0 Å². The minimum absolute atomic E-state index is 0.278. The fourth-order valence-corrected chi connectivity index (χ4v) is 3.20. The summed E-state index contributed by atoms with van der Waals surface area (Å²) in [6, 6.07) is 9.19. The Bertz CT molecular complexity index is 754. The number of H-pyrrole nitrogens is 1. The Kier molecular flexibility index (Phi) is 4.31. The topological polar surface area (TPSA) is 85.5 Å². The maximum Gasteiger partial charge on any atom is 0.270 e. The number of aromatic nitrogens is 2. The number of carbonyl (C=O) groups is 1. The van der Waals surface area contributed by atoms with Gasteiger partial charge in [0, 0.05) is 24.3 Å². The van der Waals surface area contributed by atoms with Crippen LogP contribution in [0.4, 0.5) is 5.82 Å². The molecule has 0 aliphatic carbocycles. The van der Waals surface area contributed by atoms with Gasteiger partial charge in [-0.2, -0.15) is 5.10 Å². The molecule has 2 aliphatic heterocycles. The zero-order chi connectivity index (χ0) is 17.2. The van der Waals surface area contributed by atoms with Gasteiger partial charge in [-0.3, -0.25) is 9.89 Å². The summed E-state index contributed by atoms with van der Waals surface area (Å²) in [7, 11) is 0. The minimum Gasteiger partial charge on any atom is -0.482 e. The van der Waals surface area contributed by atoms with Crippen molar-refractivity contribution < 1.29 is 19.0 Å². The second-order valence-corrected chi connectivity index (χ2v) is 6.42. The zero-order valence-corrected chi connectivity index (χ0v) is 14.0. The molecule has 2 aromatic rings. The molecule has 25 heavy (non-hydrogen) atoms. The van der Waals surface area contributed by atoms with Crippen molar-refractivity contribution in [1.82, 2.24) is 10.2 Å². The van der Waals surface area contributed by atoms with Gasteiger partial charge >= 0.3 is 0 Å². The SMILES string of the molecule is CC1Oc2ccccc2OC1C(=O)Nc1cc(C2CCCOC2)[nH]n1. The second kappa shape index (κ2) is 6.76. The standard InChI is InChI=1S/C18H21N3O4/c1-11-17(25-15-7-3-2-6-14(15)24-11)18(22)19-16-9-13(20-21-16)12-5-4-8-23-10-12/h2-3,6-7,9,11-12,17H,4-5,8,10H2,1H3,(H2,19,20,21,22). The number of carbonyl (C=O) groups excluding carboxylic acids is 1. The van der Waals surface area contributed by atoms with Crippen LogP contribution in [0.2, 0.25) is 0 Å². The highest BCUT2D eigenvalue weighted by molar-refractivity contribution is 5.94. The van der Waals surface area contributed by atoms with E-state index in [4.69, 9.17) is 14.2 Å². The molecule has 7 heteroatoms. The number of fused-ring (bicyclic) bond motifs is 1. The molecular formula is C18H21N3O4. The van der Waals surface area contributed by atoms with Gasteiger partial charge in [-0.05, 0) is 31.9 Å². The lowest BCUT2D eigenvalue weighted by atomic mass is 9.99. The van der Waals surface area contributed by atoms with E-state index in [1.807, 2.05) is 31.2 Å². The fourth-order valence-electron chi connectivity index (χ4n) is 3.20. The van der Waals surface area contributed by atoms with Crippen molar-refractivity contribution in [2.45, 2.75) is 37.9 Å². The van der Waals surface area contributed by atoms with E-state index in [1.165, 1.54) is 0 Å². The van der Waals surface area contributed by atoms with Crippen molar-refractivity contribution in [2.24, 2.45) is 0 Å². The third kappa shape index (κ3) is 3.32. The predicted molar refractivity (Wildman–Crippen MR) is 91.0 cm³/mol. The van der Waals surface area contributed by atoms with Crippen molar-refractivity contribution in [1.29, 1.82) is 0 Å². The van der Waals surface area contributed by atoms with Crippen LogP contribution in [0.25, 0.3) is 0 Å². The Morgan fingerprint density at radius 1 is 1.28 bits per heavy atom. The van der Waals surface area contributed by atoms with Crippen LogP contribution < -0.4 is 14.8 Å². The summed E-state index contributed by atoms with van der Waals surface area (Å²) in [5, 5.41) is 9.99. The lowest BCUT2D eigenvalue weighted by Crippen LogP contribution is -2.46. The molecule has 1 fully saturated rings. The highest BCUT2D eigenvalue weighted by Gasteiger charge is 2.34. The van der Waals surface area contributed by atoms with E-state index in [-0.39, 0.29) is 12.0 Å². The molecule has 132 valence electrons. The highest BCUT2D eigenvalue weighted by Crippen LogP contribution is 2.33. The molecule has 3 atom stereocenters. The monoisotopic (exact) mass is 343 g/mol. The molecule has 0 spiro atoms. The van der Waals surface area contributed by atoms with Crippen molar-refractivity contribution >= 4 is 11.7 Å². The van der Waals surface area contributed by atoms with Gasteiger partial charge in [0.15, 0.2) is 17.3 Å². The van der Waals surface area contributed by atoms with Gasteiger partial charge in [-0.15, -0.1) is 0 Å². The lowest BCUT2D eigenvalue weighted by molar-refractivity contribution is -0.128. The van der Waals surface area contributed by atoms with Crippen LogP contribution in [-0.2, 0) is 9.53 Å². The number of anilines is 1. The molecule has 2 aliphatic rings. The van der Waals surface area contributed by atoms with Crippen LogP contribution in [0, 0.1) is 0 Å². The van der Waals surface area contributed by atoms with Crippen molar-refractivity contribution in [3.05, 3.63) is 36.0 Å². The van der Waals surface area contributed by atoms with Gasteiger partial charge in [0.25, 0.3) is 5.91 Å². The number of nitrogens with zero attached hydrogens (tertiary/aromatic N) is 1. The summed E-state index contributed by atoms with van der Waals surface area (Å²) >= 11 is 0. The van der Waals surface area contributed by atoms with E-state index in [1.54, 1.807) is 6.07 Å². The minimum atomic E-state index is -0.729. The van der Waals surface area contributed by atoms with Crippen molar-refractivity contribution in [2.75, 3.05) is 18.5 Å². The maximum absolute atomic E-state index is 12.6. The van der Waals surface area contributed by atoms with Gasteiger partial charge in [0.05, 0.1) is 6.61 Å². The summed E-state index contributed by atoms with van der Waals surface area (Å²) < 4.78 is 17.1. The smallest absolute Gasteiger partial charge is 0.270 e. The Morgan fingerprint density at radius 3 is 2.84 bits per heavy atom. The van der Waals surface area contributed by atoms with Crippen LogP contribution in [0.5, 0.6) is 11.5 Å². The van der Waals surface area contributed by atoms with E-state index in [0.717, 1.165) is 25.1 Å². The Hall–Kier alpha value is -2.54. The molecule has 1 aromatic carbocycles. The number of benzene rings is 1. The van der Waals surface area contributed by atoms with Crippen molar-refractivity contribution in [3.8, 4) is 11.5 Å². The van der Waals surface area contributed by atoms with Gasteiger partial charge < -0.3 is 19.5 Å². The van der Waals surface area contributed by atoms with Gasteiger partial charge in [0.2, 0.25) is 6.10 Å². The third-order valence-electron chi connectivity index (χ3n) is 4.55. The molecule has 1 aromatic heterocycles. The quantitative estimate of drug-likeness (QED) is 0.894. The van der Waals surface area contributed by atoms with Crippen LogP contribution in [0.3, 0.4) is 0 Å². The van der Waals surface area contributed by atoms with E-state index >= 15 is 0 Å². The number of ether oxygens (including phenoxy) is 3. The number of para-hydroxylation sites is 2. The van der Waals surface area contributed by atoms with Gasteiger partial charge in [-0.25, -0.2) is 0 Å². The van der Waals surface area contributed by atoms with Gasteiger partial charge in [0.1, 0.15) is 6.10 Å². The average molecular weight is 343 g/mol. The summed E-state index contributed by atoms with van der Waals surface area (Å²) in [6.45, 7) is 3.31. The third-order valence-corrected chi connectivity index (χ3v) is 4.55. The van der Waals surface area contributed by atoms with Crippen LogP contribution >= 0.6 is 0 Å². The van der Waals surface area contributed by atoms with E-state index in [0.29, 0.717) is 29.8 Å². The number of nitrogens with one attached hydrogen (secondary N) is 2. The van der Waals surface area contributed by atoms with E-state index in [9.17, 15) is 4.79 Å². The molecule has 1 amide bonds. The maximum atomic E-state index is 12.6. The molecule has 1 saturated heterocycles. The zero-order valence-electron chi connectivity index (χ0n) is 14.0. The molecule has 4 rings (SSSR count). The van der Waals surface area contributed by atoms with Crippen LogP contribution in [0.15, 0.2) is 30.3 Å².